The van der Waals surface area contributed by atoms with E-state index in [2.05, 4.69) is 17.1 Å². The number of allylic oxidation sites excluding steroid dienone is 2. The van der Waals surface area contributed by atoms with E-state index in [4.69, 9.17) is 4.74 Å². The molecule has 6 nitrogen and oxygen atoms in total. The molecule has 0 aromatic carbocycles. The lowest BCUT2D eigenvalue weighted by molar-refractivity contribution is -0.0241. The van der Waals surface area contributed by atoms with Crippen LogP contribution in [0, 0.1) is 11.8 Å². The van der Waals surface area contributed by atoms with Crippen LogP contribution < -0.4 is 11.2 Å². The van der Waals surface area contributed by atoms with Crippen molar-refractivity contribution in [1.82, 2.24) is 9.55 Å². The first-order chi connectivity index (χ1) is 9.69. The van der Waals surface area contributed by atoms with Gasteiger partial charge in [-0.1, -0.05) is 12.2 Å². The number of fused-ring (bicyclic) bond motifs is 4. The highest BCUT2D eigenvalue weighted by Gasteiger charge is 2.48. The Kier molecular flexibility index (Phi) is 2.40. The third-order valence-corrected chi connectivity index (χ3v) is 4.39. The van der Waals surface area contributed by atoms with Crippen LogP contribution in [0.25, 0.3) is 0 Å². The molecule has 20 heavy (non-hydrogen) atoms. The summed E-state index contributed by atoms with van der Waals surface area (Å²) in [4.78, 5) is 25.3. The Bertz CT molecular complexity index is 742. The molecule has 0 unspecified atom stereocenters. The van der Waals surface area contributed by atoms with Crippen LogP contribution in [0.1, 0.15) is 12.6 Å². The van der Waals surface area contributed by atoms with Crippen molar-refractivity contribution in [3.8, 4) is 0 Å². The van der Waals surface area contributed by atoms with E-state index in [-0.39, 0.29) is 18.6 Å². The molecule has 1 aromatic heterocycles. The molecule has 2 bridgehead atoms. The SMILES string of the molecule is O=c1ccn([C@@H]2O[C@H](CO)C3=C2[C@@H]2C=C[C@H]3C2)c(=O)[nH]1. The number of hydrogen-bond acceptors (Lipinski definition) is 4. The van der Waals surface area contributed by atoms with Gasteiger partial charge in [0.1, 0.15) is 6.10 Å². The van der Waals surface area contributed by atoms with Gasteiger partial charge in [0.15, 0.2) is 6.23 Å². The Balaban J connectivity index is 1.82. The number of aromatic amines is 1. The fraction of sp³-hybridized carbons (Fsp3) is 0.429. The molecule has 6 heteroatoms. The fourth-order valence-electron chi connectivity index (χ4n) is 3.61. The molecule has 104 valence electrons. The number of aliphatic hydroxyl groups is 1. The standard InChI is InChI=1S/C14H14N2O4/c17-6-9-11-7-1-2-8(5-7)12(11)13(20-9)16-4-3-10(18)15-14(16)19/h1-4,7-9,13,17H,5-6H2,(H,15,18,19)/t7-,8+,9+,13+/m0/s1. The van der Waals surface area contributed by atoms with E-state index in [1.54, 1.807) is 0 Å². The van der Waals surface area contributed by atoms with Crippen molar-refractivity contribution < 1.29 is 9.84 Å². The van der Waals surface area contributed by atoms with Gasteiger partial charge in [-0.15, -0.1) is 0 Å². The molecule has 0 radical (unpaired) electrons. The average Bonchev–Trinajstić information content (AvgIpc) is 3.10. The number of hydrogen-bond donors (Lipinski definition) is 2. The van der Waals surface area contributed by atoms with E-state index in [0.717, 1.165) is 17.6 Å². The van der Waals surface area contributed by atoms with Crippen molar-refractivity contribution in [3.63, 3.8) is 0 Å². The Hall–Kier alpha value is -1.92. The van der Waals surface area contributed by atoms with E-state index in [1.807, 2.05) is 0 Å². The summed E-state index contributed by atoms with van der Waals surface area (Å²) < 4.78 is 7.23. The summed E-state index contributed by atoms with van der Waals surface area (Å²) >= 11 is 0. The van der Waals surface area contributed by atoms with Gasteiger partial charge in [0.25, 0.3) is 5.56 Å². The van der Waals surface area contributed by atoms with E-state index in [9.17, 15) is 14.7 Å². The maximum atomic E-state index is 11.9. The predicted molar refractivity (Wildman–Crippen MR) is 70.1 cm³/mol. The van der Waals surface area contributed by atoms with Gasteiger partial charge in [0.2, 0.25) is 0 Å². The first kappa shape index (κ1) is 11.9. The molecule has 4 rings (SSSR count). The van der Waals surface area contributed by atoms with Gasteiger partial charge >= 0.3 is 5.69 Å². The minimum Gasteiger partial charge on any atom is -0.393 e. The summed E-state index contributed by atoms with van der Waals surface area (Å²) in [5, 5.41) is 9.49. The monoisotopic (exact) mass is 274 g/mol. The molecular weight excluding hydrogens is 260 g/mol. The van der Waals surface area contributed by atoms with Crippen LogP contribution in [0.5, 0.6) is 0 Å². The van der Waals surface area contributed by atoms with Crippen LogP contribution in [0.2, 0.25) is 0 Å². The first-order valence-electron chi connectivity index (χ1n) is 6.69. The zero-order valence-corrected chi connectivity index (χ0v) is 10.7. The molecule has 2 aliphatic carbocycles. The fourth-order valence-corrected chi connectivity index (χ4v) is 3.61. The van der Waals surface area contributed by atoms with Crippen molar-refractivity contribution in [3.05, 3.63) is 56.4 Å². The lowest BCUT2D eigenvalue weighted by atomic mass is 9.94. The number of ether oxygens (including phenoxy) is 1. The van der Waals surface area contributed by atoms with Gasteiger partial charge in [0.05, 0.1) is 6.61 Å². The molecule has 1 aromatic rings. The number of rotatable bonds is 2. The molecule has 2 heterocycles. The molecular formula is C14H14N2O4. The summed E-state index contributed by atoms with van der Waals surface area (Å²) in [6, 6.07) is 1.31. The Morgan fingerprint density at radius 2 is 2.05 bits per heavy atom. The largest absolute Gasteiger partial charge is 0.393 e. The summed E-state index contributed by atoms with van der Waals surface area (Å²) in [5.41, 5.74) is 1.28. The van der Waals surface area contributed by atoms with Crippen LogP contribution in [0.4, 0.5) is 0 Å². The predicted octanol–water partition coefficient (Wildman–Crippen LogP) is -0.0712. The number of nitrogens with zero attached hydrogens (tertiary/aromatic N) is 1. The van der Waals surface area contributed by atoms with Crippen molar-refractivity contribution in [2.75, 3.05) is 6.61 Å². The van der Waals surface area contributed by atoms with Gasteiger partial charge in [0, 0.05) is 24.1 Å². The summed E-state index contributed by atoms with van der Waals surface area (Å²) in [7, 11) is 0. The second-order valence-corrected chi connectivity index (χ2v) is 5.42. The smallest absolute Gasteiger partial charge is 0.330 e. The van der Waals surface area contributed by atoms with Gasteiger partial charge in [-0.2, -0.15) is 0 Å². The minimum absolute atomic E-state index is 0.0928. The molecule has 1 aliphatic heterocycles. The number of aromatic nitrogens is 2. The summed E-state index contributed by atoms with van der Waals surface area (Å²) in [5.74, 6) is 0.589. The zero-order chi connectivity index (χ0) is 13.9. The maximum Gasteiger partial charge on any atom is 0.330 e. The average molecular weight is 274 g/mol. The van der Waals surface area contributed by atoms with E-state index in [0.29, 0.717) is 5.92 Å². The molecule has 4 atom stereocenters. The number of H-pyrrole nitrogens is 1. The van der Waals surface area contributed by atoms with Gasteiger partial charge in [-0.25, -0.2) is 4.79 Å². The second-order valence-electron chi connectivity index (χ2n) is 5.42. The molecule has 0 saturated heterocycles. The maximum absolute atomic E-state index is 11.9. The minimum atomic E-state index is -0.522. The third kappa shape index (κ3) is 1.46. The van der Waals surface area contributed by atoms with Crippen molar-refractivity contribution >= 4 is 0 Å². The van der Waals surface area contributed by atoms with Crippen LogP contribution in [-0.4, -0.2) is 27.4 Å². The molecule has 0 fully saturated rings. The highest BCUT2D eigenvalue weighted by Crippen LogP contribution is 2.53. The summed E-state index contributed by atoms with van der Waals surface area (Å²) in [6.07, 6.45) is 5.86. The van der Waals surface area contributed by atoms with Gasteiger partial charge in [-0.05, 0) is 17.6 Å². The lowest BCUT2D eigenvalue weighted by Crippen LogP contribution is -2.33. The van der Waals surface area contributed by atoms with Crippen molar-refractivity contribution in [2.24, 2.45) is 11.8 Å². The van der Waals surface area contributed by atoms with E-state index in [1.165, 1.54) is 16.8 Å². The molecule has 0 spiro atoms. The number of aliphatic hydroxyl groups excluding tert-OH is 1. The van der Waals surface area contributed by atoms with Crippen LogP contribution in [-0.2, 0) is 4.74 Å². The first-order valence-corrected chi connectivity index (χ1v) is 6.69. The van der Waals surface area contributed by atoms with E-state index >= 15 is 0 Å². The highest BCUT2D eigenvalue weighted by molar-refractivity contribution is 5.43. The summed E-state index contributed by atoms with van der Waals surface area (Å²) in [6.45, 7) is -0.0928. The number of nitrogens with one attached hydrogen (secondary N) is 1. The molecule has 3 aliphatic rings. The third-order valence-electron chi connectivity index (χ3n) is 4.39. The van der Waals surface area contributed by atoms with Gasteiger partial charge < -0.3 is 9.84 Å². The quantitative estimate of drug-likeness (QED) is 0.739. The van der Waals surface area contributed by atoms with Gasteiger partial charge in [-0.3, -0.25) is 14.3 Å². The zero-order valence-electron chi connectivity index (χ0n) is 10.7. The molecule has 2 N–H and O–H groups in total. The normalized spacial score (nSPS) is 34.0. The van der Waals surface area contributed by atoms with Crippen LogP contribution in [0.15, 0.2) is 45.2 Å². The van der Waals surface area contributed by atoms with Crippen LogP contribution in [0.3, 0.4) is 0 Å². The lowest BCUT2D eigenvalue weighted by Gasteiger charge is -2.21. The van der Waals surface area contributed by atoms with Crippen molar-refractivity contribution in [2.45, 2.75) is 18.8 Å². The van der Waals surface area contributed by atoms with Crippen LogP contribution >= 0.6 is 0 Å². The molecule has 0 saturated carbocycles. The Morgan fingerprint density at radius 1 is 1.30 bits per heavy atom. The Morgan fingerprint density at radius 3 is 2.75 bits per heavy atom. The van der Waals surface area contributed by atoms with E-state index < -0.39 is 17.5 Å². The Labute approximate surface area is 114 Å². The van der Waals surface area contributed by atoms with Crippen molar-refractivity contribution in [1.29, 1.82) is 0 Å². The molecule has 0 amide bonds. The topological polar surface area (TPSA) is 84.3 Å². The highest BCUT2D eigenvalue weighted by atomic mass is 16.5. The second kappa shape index (κ2) is 4.04.